The second-order valence-electron chi connectivity index (χ2n) is 12.6. The number of fused-ring (bicyclic) bond motifs is 9. The van der Waals surface area contributed by atoms with E-state index in [9.17, 15) is 15.1 Å². The van der Waals surface area contributed by atoms with E-state index in [0.717, 1.165) is 13.7 Å². The van der Waals surface area contributed by atoms with Crippen molar-refractivity contribution in [2.24, 2.45) is 0 Å². The van der Waals surface area contributed by atoms with E-state index in [2.05, 4.69) is 0 Å². The minimum absolute atomic E-state index is 0.119. The molecule has 0 aliphatic rings. The van der Waals surface area contributed by atoms with Crippen molar-refractivity contribution < 1.29 is 42.5 Å². The molecule has 0 N–H and O–H groups in total. The van der Waals surface area contributed by atoms with Gasteiger partial charge in [-0.1, -0.05) is 133 Å². The number of hydrogen-bond acceptors (Lipinski definition) is 0. The molecule has 12 aromatic rings. The van der Waals surface area contributed by atoms with Crippen LogP contribution in [0.2, 0.25) is 0 Å². The molecule has 0 saturated carbocycles. The maximum atomic E-state index is 10.2. The van der Waals surface area contributed by atoms with E-state index < -0.39 is 281 Å². The molecule has 0 atom stereocenters. The molecule has 0 fully saturated rings. The van der Waals surface area contributed by atoms with Gasteiger partial charge in [0.25, 0.3) is 0 Å². The fourth-order valence-corrected chi connectivity index (χ4v) is 7.15. The third-order valence-electron chi connectivity index (χ3n) is 9.54. The zero-order valence-corrected chi connectivity index (χ0v) is 28.7. The van der Waals surface area contributed by atoms with Crippen LogP contribution in [0.1, 0.15) is 42.5 Å². The lowest BCUT2D eigenvalue weighted by atomic mass is 9.99. The third kappa shape index (κ3) is 4.86. The average molecular weight is 757 g/mol. The van der Waals surface area contributed by atoms with Crippen LogP contribution in [0.5, 0.6) is 0 Å². The van der Waals surface area contributed by atoms with Crippen molar-refractivity contribution in [1.29, 1.82) is 0 Å². The molecule has 0 saturated heterocycles. The highest BCUT2D eigenvalue weighted by Gasteiger charge is 2.19. The Morgan fingerprint density at radius 2 is 0.684 bits per heavy atom. The summed E-state index contributed by atoms with van der Waals surface area (Å²) < 4.78 is 283. The first-order valence-corrected chi connectivity index (χ1v) is 17.1. The number of para-hydroxylation sites is 4. The average Bonchev–Trinajstić information content (AvgIpc) is 1.52. The van der Waals surface area contributed by atoms with Gasteiger partial charge in [0.1, 0.15) is 0 Å². The summed E-state index contributed by atoms with van der Waals surface area (Å²) in [5.41, 5.74) is -6.83. The van der Waals surface area contributed by atoms with Gasteiger partial charge in [-0.05, 0) is 101 Å². The normalized spacial score (nSPS) is 19.5. The predicted molar refractivity (Wildman–Crippen MR) is 240 cm³/mol. The van der Waals surface area contributed by atoms with Crippen LogP contribution in [0.25, 0.3) is 105 Å². The van der Waals surface area contributed by atoms with Gasteiger partial charge in [-0.15, -0.1) is 0 Å². The van der Waals surface area contributed by atoms with E-state index in [-0.39, 0.29) is 11.3 Å². The Hall–Kier alpha value is -7.62. The van der Waals surface area contributed by atoms with E-state index in [1.807, 2.05) is 0 Å². The van der Waals surface area contributed by atoms with Crippen molar-refractivity contribution in [3.63, 3.8) is 0 Å². The molecule has 0 aliphatic heterocycles. The molecule has 0 spiro atoms. The Labute approximate surface area is 373 Å². The number of rotatable bonds is 5. The fourth-order valence-electron chi connectivity index (χ4n) is 7.15. The zero-order chi connectivity index (χ0) is 64.4. The fraction of sp³-hybridized carbons (Fsp3) is 0. The van der Waals surface area contributed by atoms with Crippen molar-refractivity contribution in [2.75, 3.05) is 0 Å². The van der Waals surface area contributed by atoms with Crippen LogP contribution in [-0.2, 0) is 0 Å². The molecule has 3 heteroatoms. The number of hydrogen-bond donors (Lipinski definition) is 0. The molecule has 3 aromatic heterocycles. The molecule has 0 aliphatic carbocycles. The van der Waals surface area contributed by atoms with Crippen molar-refractivity contribution >= 4 is 65.4 Å². The smallest absolute Gasteiger partial charge is 0.0652 e. The molecular formula is C54H35N3. The van der Waals surface area contributed by atoms with Gasteiger partial charge in [0, 0.05) is 49.4 Å². The third-order valence-corrected chi connectivity index (χ3v) is 9.54. The molecule has 266 valence electrons. The Bertz CT molecular complexity index is 5240. The van der Waals surface area contributed by atoms with Crippen LogP contribution < -0.4 is 0 Å². The molecule has 3 nitrogen and oxygen atoms in total. The van der Waals surface area contributed by atoms with E-state index in [4.69, 9.17) is 27.4 Å². The minimum atomic E-state index is -1.02. The van der Waals surface area contributed by atoms with Crippen molar-refractivity contribution in [1.82, 2.24) is 13.7 Å². The first-order valence-electron chi connectivity index (χ1n) is 32.6. The Morgan fingerprint density at radius 3 is 1.21 bits per heavy atom. The van der Waals surface area contributed by atoms with Crippen molar-refractivity contribution in [3.8, 4) is 39.3 Å². The van der Waals surface area contributed by atoms with E-state index >= 15 is 0 Å². The summed E-state index contributed by atoms with van der Waals surface area (Å²) in [7, 11) is 0. The van der Waals surface area contributed by atoms with Crippen LogP contribution in [0.15, 0.2) is 212 Å². The first kappa shape index (κ1) is 13.8. The van der Waals surface area contributed by atoms with Gasteiger partial charge in [-0.3, -0.25) is 0 Å². The van der Waals surface area contributed by atoms with E-state index in [1.165, 1.54) is 24.3 Å². The first-order chi connectivity index (χ1) is 41.2. The van der Waals surface area contributed by atoms with Gasteiger partial charge in [-0.25, -0.2) is 0 Å². The van der Waals surface area contributed by atoms with Crippen molar-refractivity contribution in [3.05, 3.63) is 212 Å². The lowest BCUT2D eigenvalue weighted by molar-refractivity contribution is 1.16. The zero-order valence-electron chi connectivity index (χ0n) is 59.7. The highest BCUT2D eigenvalue weighted by molar-refractivity contribution is 6.14. The SMILES string of the molecule is [2H]c1c([2H])c([2H])c(-c2c([2H])c([2H])c([2H])c(-c3cccc(-n4c5c([2H])c([2H])c([2H])c([2H])c5c5c([2H])c(-n6c7c([2H])c([2H])c([2H])c([2H])c7c7c([2H])c(-n8c9c([2H])c([2H])c([2H])c([2H])c9c9c([2H])c([2H])c([2H])c([2H])c98)c([2H])c([2H])c76)c([2H])c([2H])c54)c3)c2[2H])c([2H])c1[2H]. The van der Waals surface area contributed by atoms with Crippen LogP contribution in [0.4, 0.5) is 0 Å². The van der Waals surface area contributed by atoms with Gasteiger partial charge in [0.05, 0.1) is 75.6 Å². The van der Waals surface area contributed by atoms with Crippen LogP contribution in [0, 0.1) is 0 Å². The molecule has 12 rings (SSSR count). The summed E-state index contributed by atoms with van der Waals surface area (Å²) in [6.45, 7) is 0. The highest BCUT2D eigenvalue weighted by atomic mass is 15.0. The van der Waals surface area contributed by atoms with E-state index in [1.54, 1.807) is 0 Å². The summed E-state index contributed by atoms with van der Waals surface area (Å²) in [5.74, 6) is 0. The summed E-state index contributed by atoms with van der Waals surface area (Å²) in [6, 6.07) is -21.1. The van der Waals surface area contributed by atoms with Gasteiger partial charge < -0.3 is 13.7 Å². The standard InChI is InChI=1S/C54H35N3/c1-2-14-36(15-3-1)37-16-12-17-38(32-37)39-18-13-19-40(33-39)55-51-26-10-6-22-45(51)47-35-42(29-30-53(47)55)57-52-27-11-7-23-46(52)48-34-41(28-31-54(48)57)56-49-24-8-4-20-43(49)44-21-5-9-25-50(44)56/h1-35H/i1D,2D,3D,4D,5D,6D,7D,8D,9D,10D,11D,12D,14D,15D,16D,17D,20D,21D,22D,23D,24D,25D,26D,27D,28D,29D,30D,31D,32D,34D,35D. The molecule has 0 unspecified atom stereocenters. The Balaban J connectivity index is 1.22. The predicted octanol–water partition coefficient (Wildman–Crippen LogP) is 14.3. The van der Waals surface area contributed by atoms with Crippen molar-refractivity contribution in [2.45, 2.75) is 0 Å². The van der Waals surface area contributed by atoms with Gasteiger partial charge in [0.15, 0.2) is 0 Å². The summed E-state index contributed by atoms with van der Waals surface area (Å²) in [5, 5.41) is -3.12. The second-order valence-corrected chi connectivity index (χ2v) is 12.6. The maximum Gasteiger partial charge on any atom is 0.0652 e. The molecular weight excluding hydrogens is 691 g/mol. The number of nitrogens with zero attached hydrogens (tertiary/aromatic N) is 3. The lowest BCUT2D eigenvalue weighted by Gasteiger charge is -2.12. The summed E-state index contributed by atoms with van der Waals surface area (Å²) in [4.78, 5) is 0. The number of aromatic nitrogens is 3. The Morgan fingerprint density at radius 1 is 0.281 bits per heavy atom. The lowest BCUT2D eigenvalue weighted by Crippen LogP contribution is -1.97. The van der Waals surface area contributed by atoms with Crippen LogP contribution in [-0.4, -0.2) is 13.7 Å². The summed E-state index contributed by atoms with van der Waals surface area (Å²) >= 11 is 0. The maximum absolute atomic E-state index is 10.2. The molecule has 9 aromatic carbocycles. The van der Waals surface area contributed by atoms with E-state index in [0.29, 0.717) is 0 Å². The molecule has 0 radical (unpaired) electrons. The van der Waals surface area contributed by atoms with Gasteiger partial charge in [-0.2, -0.15) is 0 Å². The molecule has 57 heavy (non-hydrogen) atoms. The van der Waals surface area contributed by atoms with Crippen LogP contribution in [0.3, 0.4) is 0 Å². The van der Waals surface area contributed by atoms with Gasteiger partial charge >= 0.3 is 0 Å². The monoisotopic (exact) mass is 756 g/mol. The second kappa shape index (κ2) is 12.5. The number of benzene rings is 9. The molecule has 0 bridgehead atoms. The molecule has 0 amide bonds. The van der Waals surface area contributed by atoms with Crippen LogP contribution >= 0.6 is 0 Å². The molecule has 3 heterocycles. The minimum Gasteiger partial charge on any atom is -0.309 e. The van der Waals surface area contributed by atoms with Gasteiger partial charge in [0.2, 0.25) is 0 Å². The largest absolute Gasteiger partial charge is 0.309 e. The topological polar surface area (TPSA) is 14.8 Å². The Kier molecular flexibility index (Phi) is 3.02. The summed E-state index contributed by atoms with van der Waals surface area (Å²) in [6.07, 6.45) is 0. The highest BCUT2D eigenvalue weighted by Crippen LogP contribution is 2.39. The quantitative estimate of drug-likeness (QED) is 0.166.